The average molecular weight is 678 g/mol. The molecule has 1 aromatic heterocycles. The van der Waals surface area contributed by atoms with E-state index in [2.05, 4.69) is 47.5 Å². The van der Waals surface area contributed by atoms with Crippen molar-refractivity contribution in [2.45, 2.75) is 24.5 Å². The maximum Gasteiger partial charge on any atom is 0.243 e. The fourth-order valence-electron chi connectivity index (χ4n) is 3.60. The topological polar surface area (TPSA) is 74.3 Å². The molecule has 3 aromatic carbocycles. The fraction of sp³-hybridized carbons (Fsp3) is 0.111. The number of benzene rings is 3. The molecule has 6 nitrogen and oxygen atoms in total. The second-order valence-corrected chi connectivity index (χ2v) is 12.3. The first kappa shape index (κ1) is 28.3. The summed E-state index contributed by atoms with van der Waals surface area (Å²) in [5.74, 6) is -0.382. The van der Waals surface area contributed by atoms with Crippen molar-refractivity contribution < 1.29 is 12.8 Å². The minimum absolute atomic E-state index is 0.0689. The van der Waals surface area contributed by atoms with Crippen LogP contribution in [0.3, 0.4) is 0 Å². The molecule has 0 fully saturated rings. The van der Waals surface area contributed by atoms with E-state index in [9.17, 15) is 12.8 Å². The van der Waals surface area contributed by atoms with Crippen LogP contribution in [0.5, 0.6) is 0 Å². The highest BCUT2D eigenvalue weighted by molar-refractivity contribution is 9.11. The van der Waals surface area contributed by atoms with Crippen molar-refractivity contribution in [1.82, 2.24) is 14.6 Å². The molecule has 196 valence electrons. The molecule has 4 aromatic rings. The zero-order valence-electron chi connectivity index (χ0n) is 19.9. The van der Waals surface area contributed by atoms with Crippen LogP contribution < -0.4 is 10.6 Å². The molecule has 0 unspecified atom stereocenters. The van der Waals surface area contributed by atoms with Gasteiger partial charge in [0.15, 0.2) is 5.11 Å². The summed E-state index contributed by atoms with van der Waals surface area (Å²) in [5.41, 5.74) is 3.13. The van der Waals surface area contributed by atoms with E-state index in [-0.39, 0.29) is 23.8 Å². The van der Waals surface area contributed by atoms with Gasteiger partial charge in [-0.2, -0.15) is 4.31 Å². The van der Waals surface area contributed by atoms with Gasteiger partial charge in [-0.15, -0.1) is 0 Å². The predicted octanol–water partition coefficient (Wildman–Crippen LogP) is 6.62. The minimum Gasteiger partial charge on any atom is -0.358 e. The molecule has 0 amide bonds. The Morgan fingerprint density at radius 2 is 1.50 bits per heavy atom. The number of halogens is 3. The molecule has 0 bridgehead atoms. The second-order valence-electron chi connectivity index (χ2n) is 8.29. The molecule has 0 aliphatic carbocycles. The number of pyridine rings is 1. The van der Waals surface area contributed by atoms with E-state index in [1.165, 1.54) is 28.6 Å². The summed E-state index contributed by atoms with van der Waals surface area (Å²) in [6.45, 7) is 0.702. The Balaban J connectivity index is 1.53. The quantitative estimate of drug-likeness (QED) is 0.194. The smallest absolute Gasteiger partial charge is 0.243 e. The van der Waals surface area contributed by atoms with Crippen molar-refractivity contribution in [2.24, 2.45) is 0 Å². The number of rotatable bonds is 9. The molecular formula is C27H23Br2FN4O2S2. The number of aromatic nitrogens is 1. The van der Waals surface area contributed by atoms with Crippen LogP contribution in [0.4, 0.5) is 10.1 Å². The zero-order valence-corrected chi connectivity index (χ0v) is 24.7. The molecule has 0 radical (unpaired) electrons. The first-order chi connectivity index (χ1) is 18.2. The standard InChI is InChI=1S/C27H23Br2FN4O2S2/c28-25-2-1-3-26(29)24(25)18-34(17-20-4-6-21(30)7-5-20)38(35,36)23-10-8-22(9-11-23)33-27(37)32-16-19-12-14-31-15-13-19/h1-15H,16-18H2,(H2,32,33,37). The molecule has 0 aliphatic heterocycles. The number of nitrogens with zero attached hydrogens (tertiary/aromatic N) is 2. The van der Waals surface area contributed by atoms with E-state index in [4.69, 9.17) is 12.2 Å². The normalized spacial score (nSPS) is 11.4. The Morgan fingerprint density at radius 1 is 0.868 bits per heavy atom. The summed E-state index contributed by atoms with van der Waals surface area (Å²) in [6.07, 6.45) is 3.42. The fourth-order valence-corrected chi connectivity index (χ4v) is 6.43. The van der Waals surface area contributed by atoms with Gasteiger partial charge in [-0.1, -0.05) is 50.1 Å². The maximum atomic E-state index is 13.8. The molecular weight excluding hydrogens is 655 g/mol. The van der Waals surface area contributed by atoms with Gasteiger partial charge in [-0.3, -0.25) is 4.98 Å². The van der Waals surface area contributed by atoms with Crippen LogP contribution in [-0.2, 0) is 29.7 Å². The second kappa shape index (κ2) is 12.9. The SMILES string of the molecule is O=S(=O)(c1ccc(NC(=S)NCc2ccncc2)cc1)N(Cc1ccc(F)cc1)Cc1c(Br)cccc1Br. The van der Waals surface area contributed by atoms with Crippen LogP contribution in [0, 0.1) is 5.82 Å². The molecule has 1 heterocycles. The van der Waals surface area contributed by atoms with E-state index in [1.54, 1.807) is 36.7 Å². The highest BCUT2D eigenvalue weighted by atomic mass is 79.9. The van der Waals surface area contributed by atoms with Crippen molar-refractivity contribution >= 4 is 64.9 Å². The van der Waals surface area contributed by atoms with Gasteiger partial charge in [0.1, 0.15) is 5.82 Å². The molecule has 2 N–H and O–H groups in total. The molecule has 0 saturated heterocycles. The summed E-state index contributed by atoms with van der Waals surface area (Å²) in [6, 6.07) is 21.6. The van der Waals surface area contributed by atoms with E-state index >= 15 is 0 Å². The summed E-state index contributed by atoms with van der Waals surface area (Å²) < 4.78 is 44.0. The molecule has 0 saturated carbocycles. The van der Waals surface area contributed by atoms with Gasteiger partial charge < -0.3 is 10.6 Å². The number of nitrogens with one attached hydrogen (secondary N) is 2. The third kappa shape index (κ3) is 7.45. The van der Waals surface area contributed by atoms with Crippen LogP contribution in [-0.4, -0.2) is 22.8 Å². The molecule has 0 aliphatic rings. The van der Waals surface area contributed by atoms with Crippen LogP contribution in [0.1, 0.15) is 16.7 Å². The van der Waals surface area contributed by atoms with Gasteiger partial charge in [-0.25, -0.2) is 12.8 Å². The Kier molecular flexibility index (Phi) is 9.61. The highest BCUT2D eigenvalue weighted by Gasteiger charge is 2.26. The monoisotopic (exact) mass is 676 g/mol. The van der Waals surface area contributed by atoms with E-state index in [1.807, 2.05) is 30.3 Å². The van der Waals surface area contributed by atoms with E-state index in [0.29, 0.717) is 22.9 Å². The number of thiocarbonyl (C=S) groups is 1. The van der Waals surface area contributed by atoms with Gasteiger partial charge >= 0.3 is 0 Å². The van der Waals surface area contributed by atoms with Crippen molar-refractivity contribution in [3.05, 3.63) is 123 Å². The van der Waals surface area contributed by atoms with Gasteiger partial charge in [0.2, 0.25) is 10.0 Å². The first-order valence-corrected chi connectivity index (χ1v) is 14.9. The van der Waals surface area contributed by atoms with Gasteiger partial charge in [0, 0.05) is 46.7 Å². The third-order valence-corrected chi connectivity index (χ3v) is 9.16. The predicted molar refractivity (Wildman–Crippen MR) is 158 cm³/mol. The van der Waals surface area contributed by atoms with Crippen LogP contribution in [0.25, 0.3) is 0 Å². The molecule has 38 heavy (non-hydrogen) atoms. The van der Waals surface area contributed by atoms with Crippen LogP contribution in [0.15, 0.2) is 105 Å². The number of hydrogen-bond donors (Lipinski definition) is 2. The third-order valence-electron chi connectivity index (χ3n) is 5.62. The van der Waals surface area contributed by atoms with E-state index < -0.39 is 10.0 Å². The lowest BCUT2D eigenvalue weighted by Crippen LogP contribution is -2.31. The number of hydrogen-bond acceptors (Lipinski definition) is 4. The van der Waals surface area contributed by atoms with Crippen LogP contribution >= 0.6 is 44.1 Å². The summed E-state index contributed by atoms with van der Waals surface area (Å²) in [5, 5.41) is 6.59. The van der Waals surface area contributed by atoms with Crippen molar-refractivity contribution in [3.63, 3.8) is 0 Å². The van der Waals surface area contributed by atoms with Gasteiger partial charge in [0.05, 0.1) is 4.90 Å². The van der Waals surface area contributed by atoms with Gasteiger partial charge in [-0.05, 0) is 89.6 Å². The lowest BCUT2D eigenvalue weighted by atomic mass is 10.2. The summed E-state index contributed by atoms with van der Waals surface area (Å²) >= 11 is 12.4. The Bertz CT molecular complexity index is 1480. The maximum absolute atomic E-state index is 13.8. The summed E-state index contributed by atoms with van der Waals surface area (Å²) in [4.78, 5) is 4.12. The minimum atomic E-state index is -3.92. The number of sulfonamides is 1. The van der Waals surface area contributed by atoms with Crippen LogP contribution in [0.2, 0.25) is 0 Å². The van der Waals surface area contributed by atoms with Crippen molar-refractivity contribution in [1.29, 1.82) is 0 Å². The van der Waals surface area contributed by atoms with Gasteiger partial charge in [0.25, 0.3) is 0 Å². The molecule has 0 spiro atoms. The number of anilines is 1. The largest absolute Gasteiger partial charge is 0.358 e. The highest BCUT2D eigenvalue weighted by Crippen LogP contribution is 2.30. The molecule has 0 atom stereocenters. The Morgan fingerprint density at radius 3 is 2.13 bits per heavy atom. The first-order valence-electron chi connectivity index (χ1n) is 11.4. The summed E-state index contributed by atoms with van der Waals surface area (Å²) in [7, 11) is -3.92. The van der Waals surface area contributed by atoms with Crippen molar-refractivity contribution in [2.75, 3.05) is 5.32 Å². The molecule has 4 rings (SSSR count). The average Bonchev–Trinajstić information content (AvgIpc) is 2.91. The lowest BCUT2D eigenvalue weighted by molar-refractivity contribution is 0.399. The lowest BCUT2D eigenvalue weighted by Gasteiger charge is -2.24. The zero-order chi connectivity index (χ0) is 27.1. The Hall–Kier alpha value is -2.70. The van der Waals surface area contributed by atoms with E-state index in [0.717, 1.165) is 20.1 Å². The van der Waals surface area contributed by atoms with Crippen molar-refractivity contribution in [3.8, 4) is 0 Å². The molecule has 11 heteroatoms. The Labute approximate surface area is 243 Å².